The first-order valence-electron chi connectivity index (χ1n) is 5.74. The second kappa shape index (κ2) is 3.89. The van der Waals surface area contributed by atoms with Gasteiger partial charge in [-0.05, 0) is 56.7 Å². The molecule has 0 saturated heterocycles. The van der Waals surface area contributed by atoms with Crippen molar-refractivity contribution in [3.63, 3.8) is 0 Å². The van der Waals surface area contributed by atoms with E-state index in [1.165, 1.54) is 5.56 Å². The molecule has 0 fully saturated rings. The first-order valence-corrected chi connectivity index (χ1v) is 5.74. The number of aliphatic carboxylic acids is 1. The summed E-state index contributed by atoms with van der Waals surface area (Å²) in [6.45, 7) is 3.53. The fourth-order valence-electron chi connectivity index (χ4n) is 2.33. The molecular formula is C13H17NO2. The fourth-order valence-corrected chi connectivity index (χ4v) is 2.33. The van der Waals surface area contributed by atoms with Crippen LogP contribution in [0.2, 0.25) is 0 Å². The zero-order chi connectivity index (χ0) is 11.8. The first kappa shape index (κ1) is 11.1. The second-order valence-electron chi connectivity index (χ2n) is 4.92. The normalized spacial score (nSPS) is 15.6. The molecule has 0 unspecified atom stereocenters. The van der Waals surface area contributed by atoms with Crippen molar-refractivity contribution in [2.24, 2.45) is 0 Å². The van der Waals surface area contributed by atoms with E-state index in [9.17, 15) is 9.90 Å². The molecule has 1 heterocycles. The van der Waals surface area contributed by atoms with E-state index in [-0.39, 0.29) is 0 Å². The molecule has 0 atom stereocenters. The van der Waals surface area contributed by atoms with Crippen molar-refractivity contribution in [2.45, 2.75) is 44.9 Å². The molecule has 16 heavy (non-hydrogen) atoms. The molecule has 3 heteroatoms. The number of hydrogen-bond acceptors (Lipinski definition) is 2. The third kappa shape index (κ3) is 1.70. The Labute approximate surface area is 95.5 Å². The Morgan fingerprint density at radius 3 is 2.75 bits per heavy atom. The van der Waals surface area contributed by atoms with Gasteiger partial charge in [-0.25, -0.2) is 0 Å². The average molecular weight is 219 g/mol. The van der Waals surface area contributed by atoms with E-state index in [2.05, 4.69) is 4.98 Å². The maximum atomic E-state index is 11.3. The molecule has 1 aromatic heterocycles. The SMILES string of the molecule is CC(C)(C(=O)O)c1ccnc2c1CCCC2. The maximum Gasteiger partial charge on any atom is 0.313 e. The van der Waals surface area contributed by atoms with E-state index in [0.29, 0.717) is 0 Å². The lowest BCUT2D eigenvalue weighted by Crippen LogP contribution is -2.31. The monoisotopic (exact) mass is 219 g/mol. The summed E-state index contributed by atoms with van der Waals surface area (Å²) in [6, 6.07) is 1.86. The standard InChI is InChI=1S/C13H17NO2/c1-13(2,12(15)16)10-7-8-14-11-6-4-3-5-9(10)11/h7-8H,3-6H2,1-2H3,(H,15,16). The number of carbonyl (C=O) groups is 1. The molecule has 0 radical (unpaired) electrons. The molecule has 0 spiro atoms. The van der Waals surface area contributed by atoms with Crippen LogP contribution in [-0.4, -0.2) is 16.1 Å². The van der Waals surface area contributed by atoms with Crippen LogP contribution < -0.4 is 0 Å². The third-order valence-electron chi connectivity index (χ3n) is 3.44. The lowest BCUT2D eigenvalue weighted by molar-refractivity contribution is -0.142. The molecule has 1 aromatic rings. The van der Waals surface area contributed by atoms with Crippen LogP contribution in [0, 0.1) is 0 Å². The van der Waals surface area contributed by atoms with Crippen molar-refractivity contribution >= 4 is 5.97 Å². The number of aromatic nitrogens is 1. The van der Waals surface area contributed by atoms with E-state index < -0.39 is 11.4 Å². The van der Waals surface area contributed by atoms with Gasteiger partial charge in [0.1, 0.15) is 0 Å². The van der Waals surface area contributed by atoms with Crippen LogP contribution in [0.4, 0.5) is 0 Å². The van der Waals surface area contributed by atoms with E-state index in [1.807, 2.05) is 6.07 Å². The first-order chi connectivity index (χ1) is 7.53. The van der Waals surface area contributed by atoms with Gasteiger partial charge in [-0.2, -0.15) is 0 Å². The van der Waals surface area contributed by atoms with Crippen molar-refractivity contribution in [3.05, 3.63) is 29.1 Å². The van der Waals surface area contributed by atoms with Gasteiger partial charge < -0.3 is 5.11 Å². The van der Waals surface area contributed by atoms with Crippen LogP contribution in [0.15, 0.2) is 12.3 Å². The van der Waals surface area contributed by atoms with Gasteiger partial charge in [0.2, 0.25) is 0 Å². The minimum absolute atomic E-state index is 0.772. The molecule has 1 aliphatic carbocycles. The Morgan fingerprint density at radius 1 is 1.38 bits per heavy atom. The number of rotatable bonds is 2. The minimum Gasteiger partial charge on any atom is -0.481 e. The molecule has 0 bridgehead atoms. The highest BCUT2D eigenvalue weighted by Crippen LogP contribution is 2.31. The maximum absolute atomic E-state index is 11.3. The van der Waals surface area contributed by atoms with Crippen molar-refractivity contribution in [1.82, 2.24) is 4.98 Å². The highest BCUT2D eigenvalue weighted by Gasteiger charge is 2.33. The Bertz CT molecular complexity index is 424. The van der Waals surface area contributed by atoms with Gasteiger partial charge in [0.15, 0.2) is 0 Å². The van der Waals surface area contributed by atoms with Crippen LogP contribution in [0.3, 0.4) is 0 Å². The van der Waals surface area contributed by atoms with Gasteiger partial charge in [0, 0.05) is 11.9 Å². The number of pyridine rings is 1. The molecule has 86 valence electrons. The van der Waals surface area contributed by atoms with E-state index >= 15 is 0 Å². The highest BCUT2D eigenvalue weighted by atomic mass is 16.4. The minimum atomic E-state index is -0.815. The predicted octanol–water partition coefficient (Wildman–Crippen LogP) is 2.32. The zero-order valence-corrected chi connectivity index (χ0v) is 9.79. The molecule has 0 aromatic carbocycles. The summed E-state index contributed by atoms with van der Waals surface area (Å²) in [7, 11) is 0. The molecule has 1 aliphatic rings. The lowest BCUT2D eigenvalue weighted by Gasteiger charge is -2.26. The van der Waals surface area contributed by atoms with Crippen molar-refractivity contribution in [1.29, 1.82) is 0 Å². The summed E-state index contributed by atoms with van der Waals surface area (Å²) in [4.78, 5) is 15.6. The Kier molecular flexibility index (Phi) is 2.70. The summed E-state index contributed by atoms with van der Waals surface area (Å²) < 4.78 is 0. The van der Waals surface area contributed by atoms with E-state index in [1.54, 1.807) is 20.0 Å². The van der Waals surface area contributed by atoms with Gasteiger partial charge in [0.05, 0.1) is 5.41 Å². The van der Waals surface area contributed by atoms with Crippen LogP contribution in [-0.2, 0) is 23.1 Å². The number of carboxylic acid groups (broad SMARTS) is 1. The van der Waals surface area contributed by atoms with E-state index in [0.717, 1.165) is 36.9 Å². The summed E-state index contributed by atoms with van der Waals surface area (Å²) in [5, 5.41) is 9.28. The van der Waals surface area contributed by atoms with Crippen LogP contribution in [0.25, 0.3) is 0 Å². The van der Waals surface area contributed by atoms with Crippen molar-refractivity contribution in [3.8, 4) is 0 Å². The summed E-state index contributed by atoms with van der Waals surface area (Å²) in [5.74, 6) is -0.772. The predicted molar refractivity (Wildman–Crippen MR) is 61.5 cm³/mol. The Balaban J connectivity index is 2.53. The van der Waals surface area contributed by atoms with Gasteiger partial charge >= 0.3 is 5.97 Å². The lowest BCUT2D eigenvalue weighted by atomic mass is 9.78. The smallest absolute Gasteiger partial charge is 0.313 e. The van der Waals surface area contributed by atoms with E-state index in [4.69, 9.17) is 0 Å². The third-order valence-corrected chi connectivity index (χ3v) is 3.44. The molecule has 1 N–H and O–H groups in total. The summed E-state index contributed by atoms with van der Waals surface area (Å²) in [5.41, 5.74) is 2.38. The molecule has 3 nitrogen and oxygen atoms in total. The number of carboxylic acids is 1. The van der Waals surface area contributed by atoms with Crippen molar-refractivity contribution < 1.29 is 9.90 Å². The van der Waals surface area contributed by atoms with Crippen molar-refractivity contribution in [2.75, 3.05) is 0 Å². The Hall–Kier alpha value is -1.38. The summed E-state index contributed by atoms with van der Waals surface area (Å²) in [6.07, 6.45) is 6.00. The number of nitrogens with zero attached hydrogens (tertiary/aromatic N) is 1. The van der Waals surface area contributed by atoms with Crippen LogP contribution >= 0.6 is 0 Å². The number of aryl methyl sites for hydroxylation is 1. The number of hydrogen-bond donors (Lipinski definition) is 1. The summed E-state index contributed by atoms with van der Waals surface area (Å²) >= 11 is 0. The molecule has 2 rings (SSSR count). The fraction of sp³-hybridized carbons (Fsp3) is 0.538. The van der Waals surface area contributed by atoms with Gasteiger partial charge in [-0.1, -0.05) is 0 Å². The average Bonchev–Trinajstić information content (AvgIpc) is 2.28. The zero-order valence-electron chi connectivity index (χ0n) is 9.79. The second-order valence-corrected chi connectivity index (χ2v) is 4.92. The molecule has 0 saturated carbocycles. The topological polar surface area (TPSA) is 50.2 Å². The molecule has 0 aliphatic heterocycles. The number of fused-ring (bicyclic) bond motifs is 1. The van der Waals surface area contributed by atoms with Gasteiger partial charge in [-0.3, -0.25) is 9.78 Å². The van der Waals surface area contributed by atoms with Gasteiger partial charge in [0.25, 0.3) is 0 Å². The van der Waals surface area contributed by atoms with Crippen LogP contribution in [0.1, 0.15) is 43.5 Å². The Morgan fingerprint density at radius 2 is 2.06 bits per heavy atom. The highest BCUT2D eigenvalue weighted by molar-refractivity contribution is 5.80. The molecular weight excluding hydrogens is 202 g/mol. The van der Waals surface area contributed by atoms with Gasteiger partial charge in [-0.15, -0.1) is 0 Å². The largest absolute Gasteiger partial charge is 0.481 e. The molecule has 0 amide bonds. The van der Waals surface area contributed by atoms with Crippen LogP contribution in [0.5, 0.6) is 0 Å². The quantitative estimate of drug-likeness (QED) is 0.830.